The van der Waals surface area contributed by atoms with Crippen molar-refractivity contribution in [1.29, 1.82) is 5.26 Å². The first kappa shape index (κ1) is 13.8. The highest BCUT2D eigenvalue weighted by Gasteiger charge is 2.46. The van der Waals surface area contributed by atoms with E-state index in [0.717, 1.165) is 18.6 Å². The Balaban J connectivity index is 2.59. The maximum Gasteiger partial charge on any atom is 0.118 e. The Labute approximate surface area is 103 Å². The van der Waals surface area contributed by atoms with Gasteiger partial charge in [0.1, 0.15) is 5.54 Å². The van der Waals surface area contributed by atoms with Crippen LogP contribution in [-0.2, 0) is 0 Å². The minimum Gasteiger partial charge on any atom is -0.395 e. The Kier molecular flexibility index (Phi) is 5.10. The molecule has 4 heteroatoms. The zero-order chi connectivity index (χ0) is 12.2. The fourth-order valence-electron chi connectivity index (χ4n) is 1.85. The Hall–Kier alpha value is -0.240. The summed E-state index contributed by atoms with van der Waals surface area (Å²) in [5.74, 6) is 1.27. The lowest BCUT2D eigenvalue weighted by Gasteiger charge is -2.30. The molecule has 16 heavy (non-hydrogen) atoms. The van der Waals surface area contributed by atoms with E-state index in [9.17, 15) is 5.26 Å². The number of aliphatic hydroxyl groups excluding tert-OH is 1. The van der Waals surface area contributed by atoms with Crippen molar-refractivity contribution in [2.75, 3.05) is 12.4 Å². The molecule has 0 heterocycles. The number of hydrogen-bond acceptors (Lipinski definition) is 4. The number of nitrogens with one attached hydrogen (secondary N) is 1. The molecule has 0 aromatic rings. The number of hydrogen-bond donors (Lipinski definition) is 2. The molecule has 1 fully saturated rings. The predicted molar refractivity (Wildman–Crippen MR) is 68.3 cm³/mol. The van der Waals surface area contributed by atoms with Gasteiger partial charge in [-0.1, -0.05) is 6.92 Å². The third kappa shape index (κ3) is 3.65. The summed E-state index contributed by atoms with van der Waals surface area (Å²) in [5, 5.41) is 22.1. The third-order valence-electron chi connectivity index (χ3n) is 2.87. The Morgan fingerprint density at radius 3 is 2.50 bits per heavy atom. The molecule has 1 aliphatic carbocycles. The summed E-state index contributed by atoms with van der Waals surface area (Å²) in [7, 11) is 0. The van der Waals surface area contributed by atoms with Gasteiger partial charge in [-0.15, -0.1) is 0 Å². The van der Waals surface area contributed by atoms with Gasteiger partial charge in [-0.2, -0.15) is 17.0 Å². The molecule has 1 saturated carbocycles. The van der Waals surface area contributed by atoms with Crippen LogP contribution in [-0.4, -0.2) is 34.3 Å². The normalized spacial score (nSPS) is 21.5. The fraction of sp³-hybridized carbons (Fsp3) is 0.917. The van der Waals surface area contributed by atoms with Crippen molar-refractivity contribution in [1.82, 2.24) is 5.32 Å². The van der Waals surface area contributed by atoms with E-state index in [1.807, 2.05) is 6.92 Å². The highest BCUT2D eigenvalue weighted by atomic mass is 32.2. The van der Waals surface area contributed by atoms with E-state index in [2.05, 4.69) is 25.2 Å². The third-order valence-corrected chi connectivity index (χ3v) is 4.21. The maximum absolute atomic E-state index is 9.43. The van der Waals surface area contributed by atoms with Crippen molar-refractivity contribution in [3.8, 4) is 6.07 Å². The van der Waals surface area contributed by atoms with Crippen LogP contribution in [0.1, 0.15) is 33.6 Å². The van der Waals surface area contributed by atoms with Gasteiger partial charge in [-0.3, -0.25) is 5.32 Å². The monoisotopic (exact) mass is 242 g/mol. The smallest absolute Gasteiger partial charge is 0.118 e. The summed E-state index contributed by atoms with van der Waals surface area (Å²) in [6.45, 7) is 6.33. The van der Waals surface area contributed by atoms with Crippen molar-refractivity contribution < 1.29 is 5.11 Å². The van der Waals surface area contributed by atoms with Crippen LogP contribution < -0.4 is 5.32 Å². The van der Waals surface area contributed by atoms with Crippen molar-refractivity contribution in [3.05, 3.63) is 0 Å². The number of thioether (sulfide) groups is 1. The molecule has 0 aliphatic heterocycles. The zero-order valence-electron chi connectivity index (χ0n) is 10.4. The average Bonchev–Trinajstić information content (AvgIpc) is 3.07. The molecule has 0 spiro atoms. The van der Waals surface area contributed by atoms with Gasteiger partial charge in [0.05, 0.1) is 12.7 Å². The van der Waals surface area contributed by atoms with E-state index in [1.165, 1.54) is 0 Å². The first-order valence-electron chi connectivity index (χ1n) is 5.95. The summed E-state index contributed by atoms with van der Waals surface area (Å²) >= 11 is 1.68. The van der Waals surface area contributed by atoms with Crippen LogP contribution >= 0.6 is 11.8 Å². The Bertz CT molecular complexity index is 260. The second-order valence-electron chi connectivity index (χ2n) is 4.96. The first-order valence-corrected chi connectivity index (χ1v) is 7.00. The fourth-order valence-corrected chi connectivity index (χ4v) is 2.89. The van der Waals surface area contributed by atoms with Gasteiger partial charge in [0.2, 0.25) is 0 Å². The molecule has 2 atom stereocenters. The Morgan fingerprint density at radius 1 is 1.50 bits per heavy atom. The topological polar surface area (TPSA) is 56.0 Å². The summed E-state index contributed by atoms with van der Waals surface area (Å²) in [4.78, 5) is 0. The van der Waals surface area contributed by atoms with Crippen molar-refractivity contribution in [2.45, 2.75) is 50.4 Å². The number of nitriles is 1. The van der Waals surface area contributed by atoms with Crippen LogP contribution in [0.4, 0.5) is 0 Å². The van der Waals surface area contributed by atoms with E-state index in [1.54, 1.807) is 11.8 Å². The van der Waals surface area contributed by atoms with Gasteiger partial charge < -0.3 is 5.11 Å². The maximum atomic E-state index is 9.43. The molecular weight excluding hydrogens is 220 g/mol. The lowest BCUT2D eigenvalue weighted by Crippen LogP contribution is -2.51. The summed E-state index contributed by atoms with van der Waals surface area (Å²) in [6, 6.07) is 2.80. The molecular formula is C12H22N2OS. The number of rotatable bonds is 7. The van der Waals surface area contributed by atoms with Gasteiger partial charge in [-0.25, -0.2) is 0 Å². The van der Waals surface area contributed by atoms with Crippen molar-refractivity contribution in [2.24, 2.45) is 5.92 Å². The molecule has 2 unspecified atom stereocenters. The second kappa shape index (κ2) is 5.90. The van der Waals surface area contributed by atoms with Gasteiger partial charge in [0.15, 0.2) is 0 Å². The van der Waals surface area contributed by atoms with Gasteiger partial charge in [0.25, 0.3) is 0 Å². The summed E-state index contributed by atoms with van der Waals surface area (Å²) < 4.78 is 0. The first-order chi connectivity index (χ1) is 7.54. The SMILES string of the molecule is CC(C)NC(C#N)(CSC(C)CO)C1CC1. The molecule has 0 amide bonds. The minimum atomic E-state index is -0.387. The van der Waals surface area contributed by atoms with Gasteiger partial charge >= 0.3 is 0 Å². The molecule has 0 bridgehead atoms. The lowest BCUT2D eigenvalue weighted by molar-refractivity contribution is 0.299. The molecule has 0 saturated heterocycles. The Morgan fingerprint density at radius 2 is 2.12 bits per heavy atom. The van der Waals surface area contributed by atoms with E-state index >= 15 is 0 Å². The number of aliphatic hydroxyl groups is 1. The van der Waals surface area contributed by atoms with Crippen LogP contribution in [0.5, 0.6) is 0 Å². The summed E-state index contributed by atoms with van der Waals surface area (Å²) in [6.07, 6.45) is 2.31. The molecule has 1 rings (SSSR count). The van der Waals surface area contributed by atoms with E-state index in [0.29, 0.717) is 12.0 Å². The quantitative estimate of drug-likeness (QED) is 0.714. The molecule has 92 valence electrons. The second-order valence-corrected chi connectivity index (χ2v) is 6.39. The number of nitrogens with zero attached hydrogens (tertiary/aromatic N) is 1. The average molecular weight is 242 g/mol. The molecule has 3 nitrogen and oxygen atoms in total. The molecule has 0 aromatic carbocycles. The van der Waals surface area contributed by atoms with Crippen LogP contribution in [0, 0.1) is 17.2 Å². The van der Waals surface area contributed by atoms with E-state index < -0.39 is 0 Å². The highest BCUT2D eigenvalue weighted by molar-refractivity contribution is 8.00. The lowest BCUT2D eigenvalue weighted by atomic mass is 9.96. The van der Waals surface area contributed by atoms with E-state index in [4.69, 9.17) is 5.11 Å². The van der Waals surface area contributed by atoms with Gasteiger partial charge in [-0.05, 0) is 32.6 Å². The van der Waals surface area contributed by atoms with E-state index in [-0.39, 0.29) is 17.4 Å². The summed E-state index contributed by atoms with van der Waals surface area (Å²) in [5.41, 5.74) is -0.387. The van der Waals surface area contributed by atoms with Crippen LogP contribution in [0.3, 0.4) is 0 Å². The highest BCUT2D eigenvalue weighted by Crippen LogP contribution is 2.41. The molecule has 0 radical (unpaired) electrons. The van der Waals surface area contributed by atoms with Crippen LogP contribution in [0.25, 0.3) is 0 Å². The van der Waals surface area contributed by atoms with Crippen molar-refractivity contribution in [3.63, 3.8) is 0 Å². The largest absolute Gasteiger partial charge is 0.395 e. The van der Waals surface area contributed by atoms with Gasteiger partial charge in [0, 0.05) is 17.0 Å². The molecule has 1 aliphatic rings. The zero-order valence-corrected chi connectivity index (χ0v) is 11.2. The predicted octanol–water partition coefficient (Wildman–Crippen LogP) is 1.77. The molecule has 0 aromatic heterocycles. The van der Waals surface area contributed by atoms with Crippen LogP contribution in [0.2, 0.25) is 0 Å². The van der Waals surface area contributed by atoms with Crippen LogP contribution in [0.15, 0.2) is 0 Å². The molecule has 2 N–H and O–H groups in total. The minimum absolute atomic E-state index is 0.179. The standard InChI is InChI=1S/C12H22N2OS/c1-9(2)14-12(7-13,11-4-5-11)8-16-10(3)6-15/h9-11,14-15H,4-6,8H2,1-3H3. The van der Waals surface area contributed by atoms with Crippen molar-refractivity contribution >= 4 is 11.8 Å².